The fourth-order valence-electron chi connectivity index (χ4n) is 2.02. The van der Waals surface area contributed by atoms with Crippen molar-refractivity contribution >= 4 is 53.1 Å². The molecule has 0 aliphatic heterocycles. The highest BCUT2D eigenvalue weighted by Gasteiger charge is 2.06. The first-order valence-corrected chi connectivity index (χ1v) is 7.86. The van der Waals surface area contributed by atoms with Crippen molar-refractivity contribution in [2.75, 3.05) is 7.05 Å². The molecule has 0 bridgehead atoms. The minimum atomic E-state index is -0.377. The zero-order valence-electron chi connectivity index (χ0n) is 13.3. The molecule has 2 N–H and O–H groups in total. The number of halogens is 4. The summed E-state index contributed by atoms with van der Waals surface area (Å²) in [7, 11) is 1.61. The first-order chi connectivity index (χ1) is 11.5. The summed E-state index contributed by atoms with van der Waals surface area (Å²) in [6.45, 7) is 0.645. The second-order valence-electron chi connectivity index (χ2n) is 4.93. The van der Waals surface area contributed by atoms with Crippen molar-refractivity contribution in [1.29, 1.82) is 5.26 Å². The van der Waals surface area contributed by atoms with E-state index in [0.717, 1.165) is 5.56 Å². The zero-order chi connectivity index (χ0) is 17.5. The standard InChI is InChI=1S/C17H15Cl2FN4.HI/c1-22-17(23-9-12-3-4-14(18)7-15(12)19)24-10-13-6-11(8-21)2-5-16(13)20;/h2-7H,9-10H2,1H3,(H2,22,23,24);1H. The van der Waals surface area contributed by atoms with Gasteiger partial charge in [-0.25, -0.2) is 4.39 Å². The molecule has 0 aliphatic carbocycles. The largest absolute Gasteiger partial charge is 0.352 e. The Labute approximate surface area is 173 Å². The van der Waals surface area contributed by atoms with Crippen LogP contribution in [0, 0.1) is 17.1 Å². The number of benzene rings is 2. The Kier molecular flexibility index (Phi) is 8.97. The van der Waals surface area contributed by atoms with Crippen molar-refractivity contribution in [1.82, 2.24) is 10.6 Å². The lowest BCUT2D eigenvalue weighted by molar-refractivity contribution is 0.604. The lowest BCUT2D eigenvalue weighted by Crippen LogP contribution is -2.36. The first-order valence-electron chi connectivity index (χ1n) is 7.10. The molecule has 0 atom stereocenters. The van der Waals surface area contributed by atoms with Crippen LogP contribution in [0.15, 0.2) is 41.4 Å². The van der Waals surface area contributed by atoms with E-state index in [2.05, 4.69) is 15.6 Å². The normalized spacial score (nSPS) is 10.6. The maximum absolute atomic E-state index is 13.8. The van der Waals surface area contributed by atoms with E-state index in [0.29, 0.717) is 33.7 Å². The molecular weight excluding hydrogens is 477 g/mol. The summed E-state index contributed by atoms with van der Waals surface area (Å²) in [6.07, 6.45) is 0. The van der Waals surface area contributed by atoms with Crippen LogP contribution < -0.4 is 10.6 Å². The Morgan fingerprint density at radius 3 is 2.40 bits per heavy atom. The van der Waals surface area contributed by atoms with Crippen molar-refractivity contribution in [2.24, 2.45) is 4.99 Å². The third-order valence-corrected chi connectivity index (χ3v) is 3.89. The molecule has 0 unspecified atom stereocenters. The molecule has 0 saturated heterocycles. The summed E-state index contributed by atoms with van der Waals surface area (Å²) >= 11 is 12.0. The Morgan fingerprint density at radius 1 is 1.12 bits per heavy atom. The van der Waals surface area contributed by atoms with Crippen LogP contribution in [0.25, 0.3) is 0 Å². The molecule has 4 nitrogen and oxygen atoms in total. The zero-order valence-corrected chi connectivity index (χ0v) is 17.2. The predicted octanol–water partition coefficient (Wildman–Crippen LogP) is 4.49. The molecule has 132 valence electrons. The Morgan fingerprint density at radius 2 is 1.80 bits per heavy atom. The highest BCUT2D eigenvalue weighted by Crippen LogP contribution is 2.20. The van der Waals surface area contributed by atoms with Crippen molar-refractivity contribution in [3.63, 3.8) is 0 Å². The van der Waals surface area contributed by atoms with Gasteiger partial charge in [-0.3, -0.25) is 4.99 Å². The van der Waals surface area contributed by atoms with E-state index in [-0.39, 0.29) is 36.3 Å². The van der Waals surface area contributed by atoms with Crippen LogP contribution in [0.5, 0.6) is 0 Å². The summed E-state index contributed by atoms with van der Waals surface area (Å²) in [6, 6.07) is 11.4. The van der Waals surface area contributed by atoms with Crippen molar-refractivity contribution in [3.8, 4) is 6.07 Å². The second kappa shape index (κ2) is 10.4. The summed E-state index contributed by atoms with van der Waals surface area (Å²) in [5.41, 5.74) is 1.66. The van der Waals surface area contributed by atoms with E-state index in [1.807, 2.05) is 12.1 Å². The van der Waals surface area contributed by atoms with E-state index in [9.17, 15) is 4.39 Å². The summed E-state index contributed by atoms with van der Waals surface area (Å²) in [5, 5.41) is 16.1. The van der Waals surface area contributed by atoms with Gasteiger partial charge in [0, 0.05) is 35.7 Å². The SMILES string of the molecule is CN=C(NCc1cc(C#N)ccc1F)NCc1ccc(Cl)cc1Cl.I. The summed E-state index contributed by atoms with van der Waals surface area (Å²) in [5.74, 6) is 0.112. The van der Waals surface area contributed by atoms with Gasteiger partial charge in [-0.05, 0) is 35.9 Å². The van der Waals surface area contributed by atoms with E-state index >= 15 is 0 Å². The number of nitrogens with one attached hydrogen (secondary N) is 2. The third-order valence-electron chi connectivity index (χ3n) is 3.31. The number of hydrogen-bond donors (Lipinski definition) is 2. The highest BCUT2D eigenvalue weighted by atomic mass is 127. The molecule has 0 spiro atoms. The molecule has 2 aromatic carbocycles. The van der Waals surface area contributed by atoms with Crippen molar-refractivity contribution in [2.45, 2.75) is 13.1 Å². The molecule has 0 radical (unpaired) electrons. The van der Waals surface area contributed by atoms with Gasteiger partial charge in [0.1, 0.15) is 5.82 Å². The van der Waals surface area contributed by atoms with Crippen LogP contribution in [0.3, 0.4) is 0 Å². The van der Waals surface area contributed by atoms with E-state index in [1.165, 1.54) is 18.2 Å². The van der Waals surface area contributed by atoms with Crippen molar-refractivity contribution < 1.29 is 4.39 Å². The van der Waals surface area contributed by atoms with Gasteiger partial charge in [-0.15, -0.1) is 24.0 Å². The lowest BCUT2D eigenvalue weighted by Gasteiger charge is -2.13. The molecule has 2 aromatic rings. The number of rotatable bonds is 4. The van der Waals surface area contributed by atoms with Gasteiger partial charge in [0.15, 0.2) is 5.96 Å². The lowest BCUT2D eigenvalue weighted by atomic mass is 10.1. The van der Waals surface area contributed by atoms with Crippen LogP contribution in [0.1, 0.15) is 16.7 Å². The minimum absolute atomic E-state index is 0. The molecule has 8 heteroatoms. The molecule has 0 aliphatic rings. The highest BCUT2D eigenvalue weighted by molar-refractivity contribution is 14.0. The first kappa shape index (κ1) is 21.5. The van der Waals surface area contributed by atoms with E-state index in [4.69, 9.17) is 28.5 Å². The molecule has 0 amide bonds. The quantitative estimate of drug-likeness (QED) is 0.375. The van der Waals surface area contributed by atoms with Crippen LogP contribution in [0.4, 0.5) is 4.39 Å². The molecule has 0 fully saturated rings. The fourth-order valence-corrected chi connectivity index (χ4v) is 2.50. The van der Waals surface area contributed by atoms with Gasteiger partial charge in [0.25, 0.3) is 0 Å². The summed E-state index contributed by atoms with van der Waals surface area (Å²) in [4.78, 5) is 4.08. The third kappa shape index (κ3) is 6.34. The fraction of sp³-hybridized carbons (Fsp3) is 0.176. The van der Waals surface area contributed by atoms with Crippen LogP contribution in [-0.2, 0) is 13.1 Å². The average molecular weight is 493 g/mol. The van der Waals surface area contributed by atoms with Crippen molar-refractivity contribution in [3.05, 3.63) is 69.0 Å². The Hall–Kier alpha value is -1.56. The number of nitrogens with zero attached hydrogens (tertiary/aromatic N) is 2. The average Bonchev–Trinajstić information content (AvgIpc) is 2.57. The van der Waals surface area contributed by atoms with Crippen LogP contribution in [-0.4, -0.2) is 13.0 Å². The molecular formula is C17H16Cl2FIN4. The number of aliphatic imine (C=N–C) groups is 1. The molecule has 2 rings (SSSR count). The predicted molar refractivity (Wildman–Crippen MR) is 110 cm³/mol. The monoisotopic (exact) mass is 492 g/mol. The van der Waals surface area contributed by atoms with E-state index in [1.54, 1.807) is 19.2 Å². The summed E-state index contributed by atoms with van der Waals surface area (Å²) < 4.78 is 13.8. The maximum Gasteiger partial charge on any atom is 0.191 e. The molecule has 0 aromatic heterocycles. The van der Waals surface area contributed by atoms with Crippen LogP contribution >= 0.6 is 47.2 Å². The van der Waals surface area contributed by atoms with E-state index < -0.39 is 0 Å². The van der Waals surface area contributed by atoms with Gasteiger partial charge >= 0.3 is 0 Å². The van der Waals surface area contributed by atoms with Gasteiger partial charge in [-0.2, -0.15) is 5.26 Å². The minimum Gasteiger partial charge on any atom is -0.352 e. The van der Waals surface area contributed by atoms with Gasteiger partial charge in [-0.1, -0.05) is 29.3 Å². The maximum atomic E-state index is 13.8. The number of guanidine groups is 1. The second-order valence-corrected chi connectivity index (χ2v) is 5.78. The molecule has 25 heavy (non-hydrogen) atoms. The smallest absolute Gasteiger partial charge is 0.191 e. The van der Waals surface area contributed by atoms with Gasteiger partial charge < -0.3 is 10.6 Å². The molecule has 0 heterocycles. The van der Waals surface area contributed by atoms with Gasteiger partial charge in [0.2, 0.25) is 0 Å². The Balaban J connectivity index is 0.00000312. The topological polar surface area (TPSA) is 60.2 Å². The molecule has 0 saturated carbocycles. The Bertz CT molecular complexity index is 806. The number of nitriles is 1. The van der Waals surface area contributed by atoms with Crippen LogP contribution in [0.2, 0.25) is 10.0 Å². The van der Waals surface area contributed by atoms with Gasteiger partial charge in [0.05, 0.1) is 11.6 Å². The number of hydrogen-bond acceptors (Lipinski definition) is 2.